The Labute approximate surface area is 234 Å². The number of hydrogen-bond donors (Lipinski definition) is 0. The molecule has 0 bridgehead atoms. The summed E-state index contributed by atoms with van der Waals surface area (Å²) < 4.78 is 0. The van der Waals surface area contributed by atoms with Crippen molar-refractivity contribution in [2.75, 3.05) is 0 Å². The summed E-state index contributed by atoms with van der Waals surface area (Å²) in [5.41, 5.74) is 8.98. The molecule has 0 aromatic heterocycles. The van der Waals surface area contributed by atoms with Gasteiger partial charge in [-0.3, -0.25) is 0 Å². The van der Waals surface area contributed by atoms with Gasteiger partial charge in [-0.15, -0.1) is 0 Å². The molecule has 0 aliphatic heterocycles. The summed E-state index contributed by atoms with van der Waals surface area (Å²) in [6.07, 6.45) is 2.27. The van der Waals surface area contributed by atoms with Gasteiger partial charge < -0.3 is 0 Å². The van der Waals surface area contributed by atoms with Crippen LogP contribution in [0.3, 0.4) is 0 Å². The van der Waals surface area contributed by atoms with E-state index < -0.39 is 0 Å². The standard InChI is InChI=1S/C38H30S/c1-3-11-27-21-31(19-17-25(27)9-1)37-33-15-7-5-13-29(33)23-35(37)39-36-24-30-14-6-8-16-34(30)38(36)32-20-18-26-10-2-4-12-28(26)22-32/h1-22,35-38H,23-24H2. The van der Waals surface area contributed by atoms with Gasteiger partial charge in [0.2, 0.25) is 0 Å². The molecule has 4 atom stereocenters. The monoisotopic (exact) mass is 518 g/mol. The summed E-state index contributed by atoms with van der Waals surface area (Å²) in [6.45, 7) is 0. The van der Waals surface area contributed by atoms with Crippen molar-refractivity contribution in [1.29, 1.82) is 0 Å². The van der Waals surface area contributed by atoms with Gasteiger partial charge in [0.25, 0.3) is 0 Å². The van der Waals surface area contributed by atoms with Gasteiger partial charge in [-0.1, -0.05) is 133 Å². The Bertz CT molecular complexity index is 1700. The molecule has 0 spiro atoms. The molecular formula is C38H30S. The van der Waals surface area contributed by atoms with Crippen molar-refractivity contribution in [3.63, 3.8) is 0 Å². The van der Waals surface area contributed by atoms with Crippen LogP contribution in [0, 0.1) is 0 Å². The van der Waals surface area contributed by atoms with Gasteiger partial charge in [-0.2, -0.15) is 11.8 Å². The quantitative estimate of drug-likeness (QED) is 0.224. The number of thioether (sulfide) groups is 1. The van der Waals surface area contributed by atoms with Crippen LogP contribution in [0.1, 0.15) is 45.2 Å². The minimum absolute atomic E-state index is 0.414. The molecule has 8 rings (SSSR count). The molecule has 39 heavy (non-hydrogen) atoms. The first-order valence-electron chi connectivity index (χ1n) is 14.1. The second-order valence-electron chi connectivity index (χ2n) is 11.2. The number of hydrogen-bond acceptors (Lipinski definition) is 1. The van der Waals surface area contributed by atoms with Crippen molar-refractivity contribution in [3.05, 3.63) is 167 Å². The fourth-order valence-electron chi connectivity index (χ4n) is 7.19. The van der Waals surface area contributed by atoms with Crippen LogP contribution in [0.15, 0.2) is 133 Å². The zero-order valence-corrected chi connectivity index (χ0v) is 22.7. The Kier molecular flexibility index (Phi) is 5.59. The van der Waals surface area contributed by atoms with Crippen molar-refractivity contribution in [2.45, 2.75) is 35.2 Å². The molecule has 6 aromatic rings. The average Bonchev–Trinajstić information content (AvgIpc) is 3.54. The molecule has 4 unspecified atom stereocenters. The van der Waals surface area contributed by atoms with Crippen molar-refractivity contribution < 1.29 is 0 Å². The summed E-state index contributed by atoms with van der Waals surface area (Å²) in [4.78, 5) is 0. The maximum atomic E-state index is 2.44. The highest BCUT2D eigenvalue weighted by molar-refractivity contribution is 8.00. The van der Waals surface area contributed by atoms with E-state index in [2.05, 4.69) is 145 Å². The van der Waals surface area contributed by atoms with E-state index in [9.17, 15) is 0 Å². The first-order valence-corrected chi connectivity index (χ1v) is 15.0. The van der Waals surface area contributed by atoms with Crippen LogP contribution in [0.2, 0.25) is 0 Å². The van der Waals surface area contributed by atoms with E-state index in [0.717, 1.165) is 12.8 Å². The third kappa shape index (κ3) is 3.99. The second-order valence-corrected chi connectivity index (χ2v) is 12.7. The highest BCUT2D eigenvalue weighted by Crippen LogP contribution is 2.52. The molecule has 0 amide bonds. The van der Waals surface area contributed by atoms with Crippen LogP contribution in [-0.2, 0) is 12.8 Å². The fourth-order valence-corrected chi connectivity index (χ4v) is 9.11. The largest absolute Gasteiger partial charge is 0.152 e. The molecule has 0 saturated heterocycles. The van der Waals surface area contributed by atoms with Gasteiger partial charge in [0.15, 0.2) is 0 Å². The van der Waals surface area contributed by atoms with E-state index in [-0.39, 0.29) is 0 Å². The third-order valence-electron chi connectivity index (χ3n) is 8.98. The Hall–Kier alpha value is -3.81. The minimum Gasteiger partial charge on any atom is -0.152 e. The highest BCUT2D eigenvalue weighted by Gasteiger charge is 2.40. The number of rotatable bonds is 4. The molecule has 2 aliphatic rings. The van der Waals surface area contributed by atoms with Gasteiger partial charge in [-0.25, -0.2) is 0 Å². The van der Waals surface area contributed by atoms with Crippen LogP contribution >= 0.6 is 11.8 Å². The zero-order chi connectivity index (χ0) is 25.8. The topological polar surface area (TPSA) is 0 Å². The summed E-state index contributed by atoms with van der Waals surface area (Å²) >= 11 is 2.24. The minimum atomic E-state index is 0.414. The zero-order valence-electron chi connectivity index (χ0n) is 21.8. The predicted molar refractivity (Wildman–Crippen MR) is 167 cm³/mol. The molecule has 1 heteroatoms. The lowest BCUT2D eigenvalue weighted by atomic mass is 9.91. The molecule has 0 heterocycles. The van der Waals surface area contributed by atoms with Crippen molar-refractivity contribution >= 4 is 33.3 Å². The van der Waals surface area contributed by atoms with Gasteiger partial charge >= 0.3 is 0 Å². The molecule has 2 aliphatic carbocycles. The Balaban J connectivity index is 1.20. The summed E-state index contributed by atoms with van der Waals surface area (Å²) in [5.74, 6) is 0.827. The highest BCUT2D eigenvalue weighted by atomic mass is 32.2. The van der Waals surface area contributed by atoms with Crippen molar-refractivity contribution in [1.82, 2.24) is 0 Å². The molecule has 0 nitrogen and oxygen atoms in total. The van der Waals surface area contributed by atoms with Crippen LogP contribution in [0.25, 0.3) is 21.5 Å². The van der Waals surface area contributed by atoms with E-state index in [4.69, 9.17) is 0 Å². The lowest BCUT2D eigenvalue weighted by molar-refractivity contribution is 0.767. The molecule has 0 fully saturated rings. The SMILES string of the molecule is c1ccc2c(c1)CC(SC1Cc3ccccc3C1c1ccc3ccccc3c1)C2c1ccc2ccccc2c1. The predicted octanol–water partition coefficient (Wildman–Crippen LogP) is 9.54. The van der Waals surface area contributed by atoms with Gasteiger partial charge in [0, 0.05) is 22.3 Å². The molecule has 6 aromatic carbocycles. The molecular weight excluding hydrogens is 488 g/mol. The van der Waals surface area contributed by atoms with E-state index in [1.54, 1.807) is 0 Å². The maximum Gasteiger partial charge on any atom is 0.0215 e. The Morgan fingerprint density at radius 1 is 0.410 bits per heavy atom. The molecule has 0 saturated carbocycles. The summed E-state index contributed by atoms with van der Waals surface area (Å²) in [6, 6.07) is 50.2. The van der Waals surface area contributed by atoms with E-state index in [0.29, 0.717) is 22.3 Å². The number of fused-ring (bicyclic) bond motifs is 4. The lowest BCUT2D eigenvalue weighted by Gasteiger charge is -2.28. The fraction of sp³-hybridized carbons (Fsp3) is 0.158. The van der Waals surface area contributed by atoms with Crippen LogP contribution < -0.4 is 0 Å². The molecule has 0 radical (unpaired) electrons. The van der Waals surface area contributed by atoms with Crippen LogP contribution in [-0.4, -0.2) is 10.5 Å². The summed E-state index contributed by atoms with van der Waals surface area (Å²) in [7, 11) is 0. The van der Waals surface area contributed by atoms with E-state index in [1.807, 2.05) is 0 Å². The van der Waals surface area contributed by atoms with Gasteiger partial charge in [-0.05, 0) is 67.8 Å². The van der Waals surface area contributed by atoms with Crippen LogP contribution in [0.5, 0.6) is 0 Å². The first kappa shape index (κ1) is 23.1. The van der Waals surface area contributed by atoms with Crippen molar-refractivity contribution in [3.8, 4) is 0 Å². The smallest absolute Gasteiger partial charge is 0.0215 e. The number of benzene rings is 6. The normalized spacial score (nSPS) is 21.7. The van der Waals surface area contributed by atoms with Gasteiger partial charge in [0.05, 0.1) is 0 Å². The van der Waals surface area contributed by atoms with E-state index in [1.165, 1.54) is 54.9 Å². The Morgan fingerprint density at radius 3 is 1.31 bits per heavy atom. The molecule has 188 valence electrons. The Morgan fingerprint density at radius 2 is 0.821 bits per heavy atom. The second kappa shape index (κ2) is 9.43. The summed E-state index contributed by atoms with van der Waals surface area (Å²) in [5, 5.41) is 6.35. The maximum absolute atomic E-state index is 2.44. The lowest BCUT2D eigenvalue weighted by Crippen LogP contribution is -2.20. The third-order valence-corrected chi connectivity index (χ3v) is 10.6. The van der Waals surface area contributed by atoms with Crippen LogP contribution in [0.4, 0.5) is 0 Å². The average molecular weight is 519 g/mol. The van der Waals surface area contributed by atoms with Gasteiger partial charge in [0.1, 0.15) is 0 Å². The van der Waals surface area contributed by atoms with Crippen molar-refractivity contribution in [2.24, 2.45) is 0 Å². The molecule has 0 N–H and O–H groups in total. The first-order chi connectivity index (χ1) is 19.3. The van der Waals surface area contributed by atoms with E-state index >= 15 is 0 Å².